The lowest BCUT2D eigenvalue weighted by Gasteiger charge is -2.26. The lowest BCUT2D eigenvalue weighted by atomic mass is 9.82. The van der Waals surface area contributed by atoms with E-state index in [2.05, 4.69) is 5.16 Å². The predicted octanol–water partition coefficient (Wildman–Crippen LogP) is 4.98. The number of rotatable bonds is 5. The van der Waals surface area contributed by atoms with Crippen LogP contribution < -0.4 is 0 Å². The van der Waals surface area contributed by atoms with Gasteiger partial charge in [-0.2, -0.15) is 0 Å². The van der Waals surface area contributed by atoms with Crippen LogP contribution in [0, 0.1) is 0 Å². The Morgan fingerprint density at radius 2 is 1.42 bits per heavy atom. The highest BCUT2D eigenvalue weighted by Crippen LogP contribution is 2.40. The second kappa shape index (κ2) is 6.96. The highest BCUT2D eigenvalue weighted by atomic mass is 16.7. The molecule has 3 aromatic rings. The minimum atomic E-state index is -0.765. The molecule has 128 valence electrons. The lowest BCUT2D eigenvalue weighted by molar-refractivity contribution is -0.0248. The van der Waals surface area contributed by atoms with Crippen LogP contribution in [0.1, 0.15) is 34.3 Å². The molecule has 1 heterocycles. The summed E-state index contributed by atoms with van der Waals surface area (Å²) < 4.78 is 0. The minimum absolute atomic E-state index is 0.0546. The predicted molar refractivity (Wildman–Crippen MR) is 102 cm³/mol. The van der Waals surface area contributed by atoms with Crippen molar-refractivity contribution in [3.63, 3.8) is 0 Å². The van der Waals surface area contributed by atoms with E-state index in [4.69, 9.17) is 4.84 Å². The topological polar surface area (TPSA) is 38.7 Å². The molecular weight excluding hydrogens is 322 g/mol. The summed E-state index contributed by atoms with van der Waals surface area (Å²) in [6.45, 7) is 0. The number of benzene rings is 3. The SMILES string of the molecule is O=C(CC1(c2ccccc2)CC(c2ccccc2)=NO1)c1ccccc1. The van der Waals surface area contributed by atoms with Crippen molar-refractivity contribution >= 4 is 11.5 Å². The maximum atomic E-state index is 12.9. The zero-order chi connectivity index (χ0) is 17.8. The Labute approximate surface area is 152 Å². The van der Waals surface area contributed by atoms with Gasteiger partial charge in [0, 0.05) is 12.0 Å². The highest BCUT2D eigenvalue weighted by molar-refractivity contribution is 6.03. The molecule has 3 aromatic carbocycles. The van der Waals surface area contributed by atoms with Gasteiger partial charge in [-0.3, -0.25) is 4.79 Å². The van der Waals surface area contributed by atoms with Crippen LogP contribution >= 0.6 is 0 Å². The van der Waals surface area contributed by atoms with Crippen molar-refractivity contribution in [1.82, 2.24) is 0 Å². The molecule has 4 rings (SSSR count). The second-order valence-electron chi connectivity index (χ2n) is 6.50. The molecule has 0 fully saturated rings. The molecule has 3 heteroatoms. The van der Waals surface area contributed by atoms with Gasteiger partial charge in [0.15, 0.2) is 11.4 Å². The third kappa shape index (κ3) is 3.16. The first-order chi connectivity index (χ1) is 12.8. The highest BCUT2D eigenvalue weighted by Gasteiger charge is 2.43. The van der Waals surface area contributed by atoms with Crippen LogP contribution in [-0.4, -0.2) is 11.5 Å². The van der Waals surface area contributed by atoms with Crippen molar-refractivity contribution in [3.05, 3.63) is 108 Å². The maximum absolute atomic E-state index is 12.9. The van der Waals surface area contributed by atoms with Gasteiger partial charge >= 0.3 is 0 Å². The summed E-state index contributed by atoms with van der Waals surface area (Å²) in [7, 11) is 0. The van der Waals surface area contributed by atoms with Crippen molar-refractivity contribution in [1.29, 1.82) is 0 Å². The fourth-order valence-electron chi connectivity index (χ4n) is 3.34. The van der Waals surface area contributed by atoms with E-state index in [1.807, 2.05) is 91.0 Å². The lowest BCUT2D eigenvalue weighted by Crippen LogP contribution is -2.30. The van der Waals surface area contributed by atoms with E-state index in [0.717, 1.165) is 16.8 Å². The van der Waals surface area contributed by atoms with E-state index < -0.39 is 5.60 Å². The fourth-order valence-corrected chi connectivity index (χ4v) is 3.34. The summed E-state index contributed by atoms with van der Waals surface area (Å²) in [5.74, 6) is 0.0546. The van der Waals surface area contributed by atoms with Crippen LogP contribution in [-0.2, 0) is 10.4 Å². The second-order valence-corrected chi connectivity index (χ2v) is 6.50. The monoisotopic (exact) mass is 341 g/mol. The summed E-state index contributed by atoms with van der Waals surface area (Å²) in [5.41, 5.74) is 2.80. The van der Waals surface area contributed by atoms with Crippen LogP contribution in [0.25, 0.3) is 0 Å². The van der Waals surface area contributed by atoms with Crippen molar-refractivity contribution in [3.8, 4) is 0 Å². The van der Waals surface area contributed by atoms with Crippen molar-refractivity contribution in [2.75, 3.05) is 0 Å². The zero-order valence-corrected chi connectivity index (χ0v) is 14.3. The molecule has 0 saturated heterocycles. The number of Topliss-reactive ketones (excluding diaryl/α,β-unsaturated/α-hetero) is 1. The average Bonchev–Trinajstić information content (AvgIpc) is 3.15. The molecule has 1 aliphatic rings. The molecule has 0 amide bonds. The van der Waals surface area contributed by atoms with Gasteiger partial charge in [0.05, 0.1) is 12.1 Å². The van der Waals surface area contributed by atoms with Gasteiger partial charge in [0.2, 0.25) is 0 Å². The fraction of sp³-hybridized carbons (Fsp3) is 0.130. The maximum Gasteiger partial charge on any atom is 0.175 e. The van der Waals surface area contributed by atoms with Crippen LogP contribution in [0.4, 0.5) is 0 Å². The Morgan fingerprint density at radius 1 is 0.846 bits per heavy atom. The molecule has 0 saturated carbocycles. The summed E-state index contributed by atoms with van der Waals surface area (Å²) in [6, 6.07) is 29.2. The Hall–Kier alpha value is -3.20. The largest absolute Gasteiger partial charge is 0.383 e. The molecular formula is C23H19NO2. The zero-order valence-electron chi connectivity index (χ0n) is 14.3. The van der Waals surface area contributed by atoms with Gasteiger partial charge < -0.3 is 4.84 Å². The Morgan fingerprint density at radius 3 is 2.08 bits per heavy atom. The third-order valence-corrected chi connectivity index (χ3v) is 4.73. The van der Waals surface area contributed by atoms with Gasteiger partial charge in [0.1, 0.15) is 0 Å². The molecule has 1 unspecified atom stereocenters. The standard InChI is InChI=1S/C23H19NO2/c25-22(19-12-6-2-7-13-19)17-23(20-14-8-3-9-15-20)16-21(24-26-23)18-10-4-1-5-11-18/h1-15H,16-17H2. The average molecular weight is 341 g/mol. The van der Waals surface area contributed by atoms with E-state index in [1.165, 1.54) is 0 Å². The summed E-state index contributed by atoms with van der Waals surface area (Å²) in [4.78, 5) is 18.8. The van der Waals surface area contributed by atoms with Gasteiger partial charge in [-0.15, -0.1) is 0 Å². The van der Waals surface area contributed by atoms with Crippen LogP contribution in [0.15, 0.2) is 96.2 Å². The molecule has 3 nitrogen and oxygen atoms in total. The van der Waals surface area contributed by atoms with Gasteiger partial charge in [-0.1, -0.05) is 96.2 Å². The number of ketones is 1. The van der Waals surface area contributed by atoms with E-state index in [-0.39, 0.29) is 12.2 Å². The molecule has 0 N–H and O–H groups in total. The first kappa shape index (κ1) is 16.3. The number of hydrogen-bond acceptors (Lipinski definition) is 3. The van der Waals surface area contributed by atoms with Gasteiger partial charge in [-0.25, -0.2) is 0 Å². The third-order valence-electron chi connectivity index (χ3n) is 4.73. The number of oxime groups is 1. The Kier molecular flexibility index (Phi) is 4.36. The van der Waals surface area contributed by atoms with Crippen molar-refractivity contribution in [2.45, 2.75) is 18.4 Å². The number of carbonyl (C=O) groups excluding carboxylic acids is 1. The molecule has 0 bridgehead atoms. The van der Waals surface area contributed by atoms with Crippen molar-refractivity contribution in [2.24, 2.45) is 5.16 Å². The molecule has 1 atom stereocenters. The van der Waals surface area contributed by atoms with E-state index in [1.54, 1.807) is 0 Å². The smallest absolute Gasteiger partial charge is 0.175 e. The molecule has 0 spiro atoms. The van der Waals surface area contributed by atoms with Crippen molar-refractivity contribution < 1.29 is 9.63 Å². The number of nitrogens with zero attached hydrogens (tertiary/aromatic N) is 1. The molecule has 1 aliphatic heterocycles. The Balaban J connectivity index is 1.66. The molecule has 0 aliphatic carbocycles. The normalized spacial score (nSPS) is 18.8. The Bertz CT molecular complexity index is 920. The molecule has 0 radical (unpaired) electrons. The first-order valence-corrected chi connectivity index (χ1v) is 8.71. The summed E-state index contributed by atoms with van der Waals surface area (Å²) in [6.07, 6.45) is 0.820. The van der Waals surface area contributed by atoms with Crippen LogP contribution in [0.2, 0.25) is 0 Å². The summed E-state index contributed by atoms with van der Waals surface area (Å²) in [5, 5.41) is 4.35. The first-order valence-electron chi connectivity index (χ1n) is 8.71. The summed E-state index contributed by atoms with van der Waals surface area (Å²) >= 11 is 0. The van der Waals surface area contributed by atoms with Crippen LogP contribution in [0.3, 0.4) is 0 Å². The number of hydrogen-bond donors (Lipinski definition) is 0. The minimum Gasteiger partial charge on any atom is -0.383 e. The van der Waals surface area contributed by atoms with Gasteiger partial charge in [0.25, 0.3) is 0 Å². The number of carbonyl (C=O) groups is 1. The van der Waals surface area contributed by atoms with Gasteiger partial charge in [-0.05, 0) is 11.1 Å². The van der Waals surface area contributed by atoms with E-state index >= 15 is 0 Å². The quantitative estimate of drug-likeness (QED) is 0.614. The molecule has 26 heavy (non-hydrogen) atoms. The van der Waals surface area contributed by atoms with E-state index in [9.17, 15) is 4.79 Å². The van der Waals surface area contributed by atoms with Crippen LogP contribution in [0.5, 0.6) is 0 Å². The molecule has 0 aromatic heterocycles. The van der Waals surface area contributed by atoms with E-state index in [0.29, 0.717) is 12.0 Å².